The van der Waals surface area contributed by atoms with Gasteiger partial charge in [0, 0.05) is 0 Å². The van der Waals surface area contributed by atoms with Crippen LogP contribution in [-0.2, 0) is 39.6 Å². The average molecular weight is 424 g/mol. The molecule has 8 nitrogen and oxygen atoms in total. The molecule has 0 saturated carbocycles. The minimum atomic E-state index is -3.81. The highest BCUT2D eigenvalue weighted by molar-refractivity contribution is 8.06. The summed E-state index contributed by atoms with van der Waals surface area (Å²) in [5.41, 5.74) is 0.996. The molecule has 0 atom stereocenters. The van der Waals surface area contributed by atoms with Gasteiger partial charge in [-0.05, 0) is 36.1 Å². The molecule has 1 rings (SSSR count). The fourth-order valence-corrected chi connectivity index (χ4v) is 0.975. The Morgan fingerprint density at radius 1 is 0.958 bits per heavy atom. The molecule has 0 fully saturated rings. The molecule has 1 aromatic rings. The smallest absolute Gasteiger partial charge is 0.319 e. The summed E-state index contributed by atoms with van der Waals surface area (Å²) in [5.74, 6) is -0.163. The topological polar surface area (TPSA) is 148 Å². The minimum Gasteiger partial charge on any atom is -0.466 e. The van der Waals surface area contributed by atoms with E-state index in [4.69, 9.17) is 34.1 Å². The lowest BCUT2D eigenvalue weighted by Crippen LogP contribution is -2.06. The lowest BCUT2D eigenvalue weighted by Gasteiger charge is -2.00. The van der Waals surface area contributed by atoms with Crippen LogP contribution >= 0.6 is 13.4 Å². The van der Waals surface area contributed by atoms with E-state index < -0.39 is 13.4 Å². The Labute approximate surface area is 152 Å². The Kier molecular flexibility index (Phi) is 21.3. The van der Waals surface area contributed by atoms with Gasteiger partial charge >= 0.3 is 19.4 Å². The standard InChI is InChI=1S/C10H12O2.2CH4.2H3O3PS/c1-2-12-10(11)8-9-6-4-3-5-7-9;;;2*1-4(2,3)5/h3-7H,2,8H2,1H3;2*1H4;2*(H3,1,2,3,5). The molecule has 0 aliphatic carbocycles. The van der Waals surface area contributed by atoms with E-state index in [0.717, 1.165) is 5.56 Å². The monoisotopic (exact) mass is 424 g/mol. The van der Waals surface area contributed by atoms with Crippen LogP contribution in [0.25, 0.3) is 0 Å². The van der Waals surface area contributed by atoms with E-state index in [1.807, 2.05) is 37.3 Å². The molecular weight excluding hydrogens is 398 g/mol. The Morgan fingerprint density at radius 3 is 1.58 bits per heavy atom. The van der Waals surface area contributed by atoms with Crippen molar-refractivity contribution in [2.24, 2.45) is 0 Å². The fourth-order valence-electron chi connectivity index (χ4n) is 0.975. The van der Waals surface area contributed by atoms with Crippen molar-refractivity contribution in [3.05, 3.63) is 35.9 Å². The molecule has 144 valence electrons. The zero-order valence-electron chi connectivity index (χ0n) is 11.5. The second-order valence-electron chi connectivity index (χ2n) is 3.49. The van der Waals surface area contributed by atoms with E-state index in [0.29, 0.717) is 13.0 Å². The maximum atomic E-state index is 11.0. The van der Waals surface area contributed by atoms with E-state index in [-0.39, 0.29) is 20.8 Å². The Morgan fingerprint density at radius 2 is 1.29 bits per heavy atom. The summed E-state index contributed by atoms with van der Waals surface area (Å²) in [5, 5.41) is 0. The van der Waals surface area contributed by atoms with Gasteiger partial charge in [-0.15, -0.1) is 0 Å². The van der Waals surface area contributed by atoms with Gasteiger partial charge in [-0.25, -0.2) is 0 Å². The third-order valence-corrected chi connectivity index (χ3v) is 1.50. The first-order valence-electron chi connectivity index (χ1n) is 5.59. The van der Waals surface area contributed by atoms with Crippen LogP contribution in [0.3, 0.4) is 0 Å². The number of rotatable bonds is 3. The molecule has 0 unspecified atom stereocenters. The predicted molar refractivity (Wildman–Crippen MR) is 102 cm³/mol. The van der Waals surface area contributed by atoms with E-state index in [1.165, 1.54) is 0 Å². The van der Waals surface area contributed by atoms with E-state index in [9.17, 15) is 4.79 Å². The number of esters is 1. The molecule has 0 heterocycles. The number of carbonyl (C=O) groups excluding carboxylic acids is 1. The molecule has 0 aromatic heterocycles. The Hall–Kier alpha value is -0.250. The van der Waals surface area contributed by atoms with Crippen molar-refractivity contribution in [2.75, 3.05) is 6.61 Å². The van der Waals surface area contributed by atoms with E-state index >= 15 is 0 Å². The zero-order chi connectivity index (χ0) is 17.8. The molecular formula is C12H26O8P2S2. The molecule has 0 aliphatic heterocycles. The van der Waals surface area contributed by atoms with Crippen molar-refractivity contribution >= 4 is 43.0 Å². The van der Waals surface area contributed by atoms with Gasteiger partial charge in [-0.3, -0.25) is 4.79 Å². The molecule has 0 bridgehead atoms. The van der Waals surface area contributed by atoms with Crippen LogP contribution in [0.15, 0.2) is 30.3 Å². The minimum absolute atomic E-state index is 0. The molecule has 0 radical (unpaired) electrons. The van der Waals surface area contributed by atoms with Crippen LogP contribution in [0, 0.1) is 0 Å². The first kappa shape index (κ1) is 31.5. The second kappa shape index (κ2) is 16.2. The van der Waals surface area contributed by atoms with Gasteiger partial charge in [0.05, 0.1) is 13.0 Å². The molecule has 24 heavy (non-hydrogen) atoms. The third-order valence-electron chi connectivity index (χ3n) is 1.50. The van der Waals surface area contributed by atoms with E-state index in [2.05, 4.69) is 23.6 Å². The van der Waals surface area contributed by atoms with Crippen molar-refractivity contribution in [1.29, 1.82) is 0 Å². The SMILES string of the molecule is C.C.CCOC(=O)Cc1ccccc1.OP(O)(O)=S.OP(O)(O)=S. The molecule has 1 aromatic carbocycles. The lowest BCUT2D eigenvalue weighted by atomic mass is 10.2. The maximum Gasteiger partial charge on any atom is 0.319 e. The molecule has 0 amide bonds. The van der Waals surface area contributed by atoms with Gasteiger partial charge in [0.2, 0.25) is 0 Å². The quantitative estimate of drug-likeness (QED) is 0.311. The van der Waals surface area contributed by atoms with Crippen molar-refractivity contribution < 1.29 is 38.9 Å². The predicted octanol–water partition coefficient (Wildman–Crippen LogP) is 1.44. The van der Waals surface area contributed by atoms with Gasteiger partial charge in [0.1, 0.15) is 0 Å². The van der Waals surface area contributed by atoms with Crippen molar-refractivity contribution in [3.63, 3.8) is 0 Å². The van der Waals surface area contributed by atoms with Crippen LogP contribution in [-0.4, -0.2) is 41.9 Å². The number of ether oxygens (including phenoxy) is 1. The summed E-state index contributed by atoms with van der Waals surface area (Å²) >= 11 is 7.21. The highest BCUT2D eigenvalue weighted by Gasteiger charge is 2.01. The van der Waals surface area contributed by atoms with Gasteiger partial charge < -0.3 is 34.1 Å². The van der Waals surface area contributed by atoms with Crippen LogP contribution in [0.5, 0.6) is 0 Å². The summed E-state index contributed by atoms with van der Waals surface area (Å²) in [7, 11) is 0. The number of hydrogen-bond acceptors (Lipinski definition) is 4. The van der Waals surface area contributed by atoms with Gasteiger partial charge in [0.25, 0.3) is 0 Å². The van der Waals surface area contributed by atoms with Crippen molar-refractivity contribution in [3.8, 4) is 0 Å². The zero-order valence-corrected chi connectivity index (χ0v) is 14.9. The molecule has 0 aliphatic rings. The first-order chi connectivity index (χ1) is 9.83. The summed E-state index contributed by atoms with van der Waals surface area (Å²) in [6, 6.07) is 9.58. The average Bonchev–Trinajstić information content (AvgIpc) is 2.25. The summed E-state index contributed by atoms with van der Waals surface area (Å²) in [6.45, 7) is -5.35. The Balaban J connectivity index is -0.000000142. The van der Waals surface area contributed by atoms with Crippen LogP contribution < -0.4 is 0 Å². The number of benzene rings is 1. The van der Waals surface area contributed by atoms with Crippen LogP contribution in [0.2, 0.25) is 0 Å². The largest absolute Gasteiger partial charge is 0.466 e. The Bertz CT molecular complexity index is 479. The van der Waals surface area contributed by atoms with Crippen molar-refractivity contribution in [2.45, 2.75) is 28.2 Å². The van der Waals surface area contributed by atoms with Crippen LogP contribution in [0.1, 0.15) is 27.3 Å². The van der Waals surface area contributed by atoms with E-state index in [1.54, 1.807) is 0 Å². The second-order valence-corrected chi connectivity index (χ2v) is 8.49. The van der Waals surface area contributed by atoms with Crippen molar-refractivity contribution in [1.82, 2.24) is 0 Å². The third kappa shape index (κ3) is 43.0. The van der Waals surface area contributed by atoms with Gasteiger partial charge in [-0.2, -0.15) is 0 Å². The molecule has 12 heteroatoms. The number of carbonyl (C=O) groups is 1. The molecule has 6 N–H and O–H groups in total. The van der Waals surface area contributed by atoms with Gasteiger partial charge in [-0.1, -0.05) is 45.2 Å². The summed E-state index contributed by atoms with van der Waals surface area (Å²) in [6.07, 6.45) is 0.370. The lowest BCUT2D eigenvalue weighted by molar-refractivity contribution is -0.142. The molecule has 0 spiro atoms. The summed E-state index contributed by atoms with van der Waals surface area (Å²) < 4.78 is 4.81. The summed E-state index contributed by atoms with van der Waals surface area (Å²) in [4.78, 5) is 56.3. The fraction of sp³-hybridized carbons (Fsp3) is 0.417. The highest BCUT2D eigenvalue weighted by Crippen LogP contribution is 2.26. The number of hydrogen-bond donors (Lipinski definition) is 6. The first-order valence-corrected chi connectivity index (χ1v) is 10.9. The van der Waals surface area contributed by atoms with Gasteiger partial charge in [0.15, 0.2) is 0 Å². The van der Waals surface area contributed by atoms with Crippen LogP contribution in [0.4, 0.5) is 0 Å². The molecule has 0 saturated heterocycles. The highest BCUT2D eigenvalue weighted by atomic mass is 32.5. The maximum absolute atomic E-state index is 11.0. The normalized spacial score (nSPS) is 9.62.